The second kappa shape index (κ2) is 6.85. The van der Waals surface area contributed by atoms with Crippen LogP contribution in [-0.4, -0.2) is 16.0 Å². The minimum Gasteiger partial charge on any atom is -0.344 e. The molecule has 1 N–H and O–H groups in total. The normalized spacial score (nSPS) is 13.9. The molecule has 2 atom stereocenters. The van der Waals surface area contributed by atoms with E-state index in [9.17, 15) is 13.6 Å². The lowest BCUT2D eigenvalue weighted by molar-refractivity contribution is -0.123. The topological polar surface area (TPSA) is 68.0 Å². The largest absolute Gasteiger partial charge is 0.344 e. The third-order valence-electron chi connectivity index (χ3n) is 3.60. The summed E-state index contributed by atoms with van der Waals surface area (Å²) in [7, 11) is 0. The van der Waals surface area contributed by atoms with Crippen molar-refractivity contribution in [3.63, 3.8) is 0 Å². The first-order valence-electron chi connectivity index (χ1n) is 7.35. The van der Waals surface area contributed by atoms with Gasteiger partial charge in [-0.3, -0.25) is 4.79 Å². The van der Waals surface area contributed by atoms with Gasteiger partial charge < -0.3 is 9.84 Å². The molecule has 0 bridgehead atoms. The Morgan fingerprint density at radius 2 is 1.83 bits per heavy atom. The summed E-state index contributed by atoms with van der Waals surface area (Å²) in [4.78, 5) is 16.5. The Morgan fingerprint density at radius 3 is 2.30 bits per heavy atom. The van der Waals surface area contributed by atoms with E-state index in [0.29, 0.717) is 5.82 Å². The number of amides is 1. The van der Waals surface area contributed by atoms with Gasteiger partial charge in [0, 0.05) is 5.56 Å². The summed E-state index contributed by atoms with van der Waals surface area (Å²) in [5, 5.41) is 6.43. The van der Waals surface area contributed by atoms with Crippen LogP contribution in [0.4, 0.5) is 8.78 Å². The molecule has 2 unspecified atom stereocenters. The van der Waals surface area contributed by atoms with Crippen molar-refractivity contribution < 1.29 is 18.1 Å². The molecule has 1 heterocycles. The van der Waals surface area contributed by atoms with Crippen molar-refractivity contribution in [3.05, 3.63) is 47.1 Å². The zero-order valence-electron chi connectivity index (χ0n) is 13.4. The molecule has 0 aliphatic heterocycles. The highest BCUT2D eigenvalue weighted by Crippen LogP contribution is 2.25. The van der Waals surface area contributed by atoms with E-state index in [1.165, 1.54) is 13.0 Å². The number of nitrogens with zero attached hydrogens (tertiary/aromatic N) is 2. The number of aromatic nitrogens is 2. The number of halogens is 2. The maximum Gasteiger partial charge on any atom is 0.249 e. The molecular weight excluding hydrogens is 304 g/mol. The Labute approximate surface area is 133 Å². The smallest absolute Gasteiger partial charge is 0.249 e. The van der Waals surface area contributed by atoms with Gasteiger partial charge in [0.15, 0.2) is 5.82 Å². The SMILES string of the molecule is Cc1noc(C(NC(=O)C(C)c2c(F)cccc2F)C(C)C)n1. The van der Waals surface area contributed by atoms with Crippen LogP contribution in [0.3, 0.4) is 0 Å². The Morgan fingerprint density at radius 1 is 1.22 bits per heavy atom. The van der Waals surface area contributed by atoms with E-state index in [0.717, 1.165) is 12.1 Å². The highest BCUT2D eigenvalue weighted by molar-refractivity contribution is 5.83. The van der Waals surface area contributed by atoms with Crippen LogP contribution in [0.2, 0.25) is 0 Å². The molecule has 0 fully saturated rings. The van der Waals surface area contributed by atoms with Crippen LogP contribution in [-0.2, 0) is 4.79 Å². The van der Waals surface area contributed by atoms with Gasteiger partial charge >= 0.3 is 0 Å². The minimum absolute atomic E-state index is 0.0310. The number of aryl methyl sites for hydroxylation is 1. The molecule has 0 aliphatic rings. The molecule has 7 heteroatoms. The first-order chi connectivity index (χ1) is 10.8. The van der Waals surface area contributed by atoms with Crippen molar-refractivity contribution in [2.24, 2.45) is 5.92 Å². The molecule has 0 saturated carbocycles. The van der Waals surface area contributed by atoms with Crippen molar-refractivity contribution in [2.45, 2.75) is 39.7 Å². The molecule has 2 rings (SSSR count). The van der Waals surface area contributed by atoms with Crippen molar-refractivity contribution in [1.29, 1.82) is 0 Å². The Kier molecular flexibility index (Phi) is 5.08. The van der Waals surface area contributed by atoms with Gasteiger partial charge in [-0.25, -0.2) is 8.78 Å². The van der Waals surface area contributed by atoms with E-state index in [4.69, 9.17) is 4.52 Å². The maximum absolute atomic E-state index is 13.8. The van der Waals surface area contributed by atoms with Crippen molar-refractivity contribution in [1.82, 2.24) is 15.5 Å². The third kappa shape index (κ3) is 3.72. The van der Waals surface area contributed by atoms with E-state index < -0.39 is 29.5 Å². The van der Waals surface area contributed by atoms with Crippen LogP contribution < -0.4 is 5.32 Å². The first kappa shape index (κ1) is 17.1. The molecule has 0 spiro atoms. The molecule has 124 valence electrons. The highest BCUT2D eigenvalue weighted by atomic mass is 19.1. The summed E-state index contributed by atoms with van der Waals surface area (Å²) in [5.74, 6) is -2.30. The Balaban J connectivity index is 2.22. The third-order valence-corrected chi connectivity index (χ3v) is 3.60. The second-order valence-electron chi connectivity index (χ2n) is 5.77. The molecular formula is C16H19F2N3O2. The average Bonchev–Trinajstić information content (AvgIpc) is 2.90. The summed E-state index contributed by atoms with van der Waals surface area (Å²) >= 11 is 0. The summed E-state index contributed by atoms with van der Waals surface area (Å²) < 4.78 is 32.7. The van der Waals surface area contributed by atoms with Crippen LogP contribution in [0.1, 0.15) is 50.0 Å². The Hall–Kier alpha value is -2.31. The Bertz CT molecular complexity index is 680. The molecule has 23 heavy (non-hydrogen) atoms. The number of rotatable bonds is 5. The quantitative estimate of drug-likeness (QED) is 0.917. The number of carbonyl (C=O) groups is 1. The molecule has 1 aromatic carbocycles. The molecule has 0 saturated heterocycles. The minimum atomic E-state index is -0.985. The number of carbonyl (C=O) groups excluding carboxylic acids is 1. The molecule has 5 nitrogen and oxygen atoms in total. The summed E-state index contributed by atoms with van der Waals surface area (Å²) in [6, 6.07) is 2.99. The van der Waals surface area contributed by atoms with Crippen LogP contribution in [0.25, 0.3) is 0 Å². The first-order valence-corrected chi connectivity index (χ1v) is 7.35. The fraction of sp³-hybridized carbons (Fsp3) is 0.438. The van der Waals surface area contributed by atoms with Crippen molar-refractivity contribution >= 4 is 5.91 Å². The summed E-state index contributed by atoms with van der Waals surface area (Å²) in [6.07, 6.45) is 0. The van der Waals surface area contributed by atoms with Crippen molar-refractivity contribution in [2.75, 3.05) is 0 Å². The number of hydrogen-bond acceptors (Lipinski definition) is 4. The highest BCUT2D eigenvalue weighted by Gasteiger charge is 2.28. The lowest BCUT2D eigenvalue weighted by Crippen LogP contribution is -2.35. The maximum atomic E-state index is 13.8. The van der Waals surface area contributed by atoms with Gasteiger partial charge in [-0.15, -0.1) is 0 Å². The molecule has 1 amide bonds. The molecule has 1 aromatic heterocycles. The van der Waals surface area contributed by atoms with E-state index in [-0.39, 0.29) is 17.4 Å². The monoisotopic (exact) mass is 323 g/mol. The lowest BCUT2D eigenvalue weighted by atomic mass is 9.97. The second-order valence-corrected chi connectivity index (χ2v) is 5.77. The average molecular weight is 323 g/mol. The predicted molar refractivity (Wildman–Crippen MR) is 79.5 cm³/mol. The van der Waals surface area contributed by atoms with Crippen molar-refractivity contribution in [3.8, 4) is 0 Å². The van der Waals surface area contributed by atoms with Gasteiger partial charge in [0.2, 0.25) is 11.8 Å². The summed E-state index contributed by atoms with van der Waals surface area (Å²) in [5.41, 5.74) is -0.255. The molecule has 2 aromatic rings. The number of hydrogen-bond donors (Lipinski definition) is 1. The fourth-order valence-corrected chi connectivity index (χ4v) is 2.29. The zero-order chi connectivity index (χ0) is 17.1. The van der Waals surface area contributed by atoms with Gasteiger partial charge in [0.05, 0.1) is 5.92 Å². The fourth-order valence-electron chi connectivity index (χ4n) is 2.29. The van der Waals surface area contributed by atoms with Crippen LogP contribution in [0, 0.1) is 24.5 Å². The zero-order valence-corrected chi connectivity index (χ0v) is 13.4. The number of nitrogens with one attached hydrogen (secondary N) is 1. The summed E-state index contributed by atoms with van der Waals surface area (Å²) in [6.45, 7) is 6.87. The van der Waals surface area contributed by atoms with Gasteiger partial charge in [-0.2, -0.15) is 4.98 Å². The van der Waals surface area contributed by atoms with E-state index in [2.05, 4.69) is 15.5 Å². The van der Waals surface area contributed by atoms with Gasteiger partial charge in [-0.05, 0) is 31.9 Å². The van der Waals surface area contributed by atoms with Gasteiger partial charge in [0.25, 0.3) is 0 Å². The molecule has 0 aliphatic carbocycles. The van der Waals surface area contributed by atoms with Crippen LogP contribution in [0.15, 0.2) is 22.7 Å². The van der Waals surface area contributed by atoms with Gasteiger partial charge in [0.1, 0.15) is 17.7 Å². The van der Waals surface area contributed by atoms with E-state index in [1.807, 2.05) is 13.8 Å². The number of benzene rings is 1. The standard InChI is InChI=1S/C16H19F2N3O2/c1-8(2)14(16-19-10(4)21-23-16)20-15(22)9(3)13-11(17)6-5-7-12(13)18/h5-9,14H,1-4H3,(H,20,22). The molecule has 0 radical (unpaired) electrons. The van der Waals surface area contributed by atoms with E-state index >= 15 is 0 Å². The van der Waals surface area contributed by atoms with Gasteiger partial charge in [-0.1, -0.05) is 25.1 Å². The van der Waals surface area contributed by atoms with E-state index in [1.54, 1.807) is 6.92 Å². The van der Waals surface area contributed by atoms with Crippen LogP contribution >= 0.6 is 0 Å². The predicted octanol–water partition coefficient (Wildman–Crippen LogP) is 3.27. The van der Waals surface area contributed by atoms with Crippen LogP contribution in [0.5, 0.6) is 0 Å². The lowest BCUT2D eigenvalue weighted by Gasteiger charge is -2.21.